The third-order valence-electron chi connectivity index (χ3n) is 6.42. The maximum Gasteiger partial charge on any atom is 0.433 e. The highest BCUT2D eigenvalue weighted by molar-refractivity contribution is 5.86. The van der Waals surface area contributed by atoms with Crippen molar-refractivity contribution in [2.24, 2.45) is 0 Å². The van der Waals surface area contributed by atoms with Crippen LogP contribution in [0.25, 0.3) is 22.6 Å². The van der Waals surface area contributed by atoms with E-state index >= 15 is 0 Å². The molecular formula is C22H22F3N9. The molecule has 0 saturated heterocycles. The molecule has 2 aliphatic rings. The Kier molecular flexibility index (Phi) is 4.78. The van der Waals surface area contributed by atoms with Crippen molar-refractivity contribution in [2.45, 2.75) is 63.8 Å². The van der Waals surface area contributed by atoms with Gasteiger partial charge in [-0.3, -0.25) is 4.98 Å². The van der Waals surface area contributed by atoms with E-state index in [1.807, 2.05) is 11.5 Å². The summed E-state index contributed by atoms with van der Waals surface area (Å²) in [6.07, 6.45) is 2.24. The smallest absolute Gasteiger partial charge is 0.364 e. The first kappa shape index (κ1) is 21.0. The minimum atomic E-state index is -4.49. The second-order valence-corrected chi connectivity index (χ2v) is 8.74. The van der Waals surface area contributed by atoms with E-state index < -0.39 is 11.9 Å². The van der Waals surface area contributed by atoms with E-state index in [9.17, 15) is 13.2 Å². The molecule has 1 aliphatic heterocycles. The van der Waals surface area contributed by atoms with Crippen LogP contribution in [-0.4, -0.2) is 45.3 Å². The van der Waals surface area contributed by atoms with Gasteiger partial charge in [-0.1, -0.05) is 0 Å². The molecule has 0 spiro atoms. The molecule has 12 heteroatoms. The normalized spacial score (nSPS) is 18.3. The number of rotatable bonds is 5. The van der Waals surface area contributed by atoms with Gasteiger partial charge in [-0.25, -0.2) is 15.0 Å². The van der Waals surface area contributed by atoms with E-state index in [-0.39, 0.29) is 6.04 Å². The molecule has 1 unspecified atom stereocenters. The number of aryl methyl sites for hydroxylation is 2. The lowest BCUT2D eigenvalue weighted by atomic mass is 10.1. The highest BCUT2D eigenvalue weighted by atomic mass is 19.4. The van der Waals surface area contributed by atoms with Crippen molar-refractivity contribution in [1.82, 2.24) is 39.3 Å². The topological polar surface area (TPSA) is 99.2 Å². The second kappa shape index (κ2) is 7.74. The fraction of sp³-hybridized carbons (Fsp3) is 0.455. The zero-order valence-corrected chi connectivity index (χ0v) is 18.4. The predicted octanol–water partition coefficient (Wildman–Crippen LogP) is 3.82. The largest absolute Gasteiger partial charge is 0.433 e. The number of imidazole rings is 1. The fourth-order valence-electron chi connectivity index (χ4n) is 4.56. The van der Waals surface area contributed by atoms with Gasteiger partial charge in [0.05, 0.1) is 0 Å². The lowest BCUT2D eigenvalue weighted by molar-refractivity contribution is -0.141. The molecule has 0 bridgehead atoms. The first-order valence-electron chi connectivity index (χ1n) is 11.4. The molecule has 34 heavy (non-hydrogen) atoms. The number of hydrogen-bond donors (Lipinski definition) is 1. The molecule has 1 N–H and O–H groups in total. The molecule has 4 aromatic heterocycles. The summed E-state index contributed by atoms with van der Waals surface area (Å²) in [7, 11) is 0. The Morgan fingerprint density at radius 1 is 1.09 bits per heavy atom. The maximum atomic E-state index is 12.9. The third-order valence-corrected chi connectivity index (χ3v) is 6.42. The number of pyridine rings is 1. The van der Waals surface area contributed by atoms with Gasteiger partial charge in [0.2, 0.25) is 0 Å². The average Bonchev–Trinajstić information content (AvgIpc) is 3.46. The van der Waals surface area contributed by atoms with Crippen LogP contribution in [0.1, 0.15) is 49.4 Å². The van der Waals surface area contributed by atoms with Crippen LogP contribution < -0.4 is 5.32 Å². The number of aromatic nitrogens is 8. The predicted molar refractivity (Wildman–Crippen MR) is 117 cm³/mol. The molecular weight excluding hydrogens is 447 g/mol. The Labute approximate surface area is 192 Å². The minimum Gasteiger partial charge on any atom is -0.364 e. The van der Waals surface area contributed by atoms with Crippen molar-refractivity contribution < 1.29 is 13.2 Å². The monoisotopic (exact) mass is 469 g/mol. The van der Waals surface area contributed by atoms with Gasteiger partial charge in [0.15, 0.2) is 17.0 Å². The zero-order chi connectivity index (χ0) is 23.4. The fourth-order valence-corrected chi connectivity index (χ4v) is 4.56. The summed E-state index contributed by atoms with van der Waals surface area (Å²) in [5.41, 5.74) is 0.749. The van der Waals surface area contributed by atoms with Crippen LogP contribution in [-0.2, 0) is 25.7 Å². The van der Waals surface area contributed by atoms with Gasteiger partial charge >= 0.3 is 6.18 Å². The van der Waals surface area contributed by atoms with Gasteiger partial charge < -0.3 is 14.5 Å². The summed E-state index contributed by atoms with van der Waals surface area (Å²) in [4.78, 5) is 17.2. The van der Waals surface area contributed by atoms with Crippen molar-refractivity contribution in [3.8, 4) is 11.4 Å². The lowest BCUT2D eigenvalue weighted by Crippen LogP contribution is -2.32. The summed E-state index contributed by atoms with van der Waals surface area (Å²) >= 11 is 0. The van der Waals surface area contributed by atoms with Gasteiger partial charge in [-0.15, -0.1) is 10.2 Å². The number of halogens is 3. The molecule has 1 aliphatic carbocycles. The van der Waals surface area contributed by atoms with Gasteiger partial charge in [0.1, 0.15) is 29.5 Å². The first-order valence-corrected chi connectivity index (χ1v) is 11.4. The van der Waals surface area contributed by atoms with E-state index in [1.165, 1.54) is 31.4 Å². The van der Waals surface area contributed by atoms with Gasteiger partial charge in [0, 0.05) is 43.2 Å². The van der Waals surface area contributed by atoms with Crippen molar-refractivity contribution in [3.63, 3.8) is 0 Å². The number of alkyl halides is 3. The SMILES string of the molecule is CCn1c(-c2ccc(C(F)(F)F)nc2)nc2c(NC3CCc4nnc(C5CC5)n4C3)ncnc21. The second-order valence-electron chi connectivity index (χ2n) is 8.74. The Morgan fingerprint density at radius 2 is 1.94 bits per heavy atom. The molecule has 1 atom stereocenters. The molecule has 0 radical (unpaired) electrons. The summed E-state index contributed by atoms with van der Waals surface area (Å²) in [6.45, 7) is 3.23. The summed E-state index contributed by atoms with van der Waals surface area (Å²) in [5.74, 6) is 3.73. The molecule has 0 aromatic carbocycles. The van der Waals surface area contributed by atoms with Crippen molar-refractivity contribution in [1.29, 1.82) is 0 Å². The van der Waals surface area contributed by atoms with E-state index in [0.29, 0.717) is 40.8 Å². The number of fused-ring (bicyclic) bond motifs is 2. The molecule has 5 heterocycles. The summed E-state index contributed by atoms with van der Waals surface area (Å²) in [6, 6.07) is 2.48. The quantitative estimate of drug-likeness (QED) is 0.474. The molecule has 4 aromatic rings. The third kappa shape index (κ3) is 3.57. The van der Waals surface area contributed by atoms with Crippen LogP contribution in [0.5, 0.6) is 0 Å². The number of nitrogens with one attached hydrogen (secondary N) is 1. The molecule has 6 rings (SSSR count). The summed E-state index contributed by atoms with van der Waals surface area (Å²) in [5, 5.41) is 12.3. The lowest BCUT2D eigenvalue weighted by Gasteiger charge is -2.25. The van der Waals surface area contributed by atoms with E-state index in [0.717, 1.165) is 37.1 Å². The molecule has 1 saturated carbocycles. The summed E-state index contributed by atoms with van der Waals surface area (Å²) < 4.78 is 42.9. The number of anilines is 1. The van der Waals surface area contributed by atoms with Gasteiger partial charge in [0.25, 0.3) is 0 Å². The van der Waals surface area contributed by atoms with Crippen LogP contribution in [0.4, 0.5) is 19.0 Å². The van der Waals surface area contributed by atoms with Crippen LogP contribution in [0.2, 0.25) is 0 Å². The number of nitrogens with zero attached hydrogens (tertiary/aromatic N) is 8. The van der Waals surface area contributed by atoms with E-state index in [2.05, 4.69) is 35.0 Å². The Morgan fingerprint density at radius 3 is 2.65 bits per heavy atom. The van der Waals surface area contributed by atoms with E-state index in [1.54, 1.807) is 0 Å². The zero-order valence-electron chi connectivity index (χ0n) is 18.4. The van der Waals surface area contributed by atoms with Crippen molar-refractivity contribution in [3.05, 3.63) is 42.0 Å². The highest BCUT2D eigenvalue weighted by Gasteiger charge is 2.34. The van der Waals surface area contributed by atoms with Crippen molar-refractivity contribution in [2.75, 3.05) is 5.32 Å². The Balaban J connectivity index is 1.32. The van der Waals surface area contributed by atoms with E-state index in [4.69, 9.17) is 4.98 Å². The molecule has 1 fully saturated rings. The number of hydrogen-bond acceptors (Lipinski definition) is 7. The maximum absolute atomic E-state index is 12.9. The molecule has 176 valence electrons. The van der Waals surface area contributed by atoms with Crippen molar-refractivity contribution >= 4 is 17.0 Å². The first-order chi connectivity index (χ1) is 16.4. The Hall–Kier alpha value is -3.57. The average molecular weight is 469 g/mol. The minimum absolute atomic E-state index is 0.127. The molecule has 9 nitrogen and oxygen atoms in total. The van der Waals surface area contributed by atoms with Crippen LogP contribution in [0, 0.1) is 0 Å². The molecule has 0 amide bonds. The van der Waals surface area contributed by atoms with Crippen LogP contribution >= 0.6 is 0 Å². The van der Waals surface area contributed by atoms with Gasteiger partial charge in [-0.2, -0.15) is 13.2 Å². The Bertz CT molecular complexity index is 1350. The van der Waals surface area contributed by atoms with Gasteiger partial charge in [-0.05, 0) is 38.3 Å². The standard InChI is InChI=1S/C22H22F3N9/c1-2-33-19(13-5-7-15(26-9-13)22(23,24)25)30-17-18(27-11-28-21(17)33)29-14-6-8-16-31-32-20(12-3-4-12)34(16)10-14/h5,7,9,11-12,14H,2-4,6,8,10H2,1H3,(H,27,28,29). The van der Waals surface area contributed by atoms with Crippen LogP contribution in [0.15, 0.2) is 24.7 Å². The van der Waals surface area contributed by atoms with Crippen LogP contribution in [0.3, 0.4) is 0 Å². The highest BCUT2D eigenvalue weighted by Crippen LogP contribution is 2.40.